The number of nitrogens with zero attached hydrogens (tertiary/aromatic N) is 6. The number of ether oxygens (including phenoxy) is 4. The fourth-order valence-corrected chi connectivity index (χ4v) is 20.5. The van der Waals surface area contributed by atoms with Crippen molar-refractivity contribution in [1.29, 1.82) is 0 Å². The summed E-state index contributed by atoms with van der Waals surface area (Å²) < 4.78 is 30.6. The fourth-order valence-electron chi connectivity index (χ4n) is 18.3. The number of phenolic OH excluding ortho intramolecular Hbond substituents is 2. The molecule has 10 aromatic rings. The average Bonchev–Trinajstić information content (AvgIpc) is 1.70. The Morgan fingerprint density at radius 2 is 0.658 bits per heavy atom. The van der Waals surface area contributed by atoms with Gasteiger partial charge in [0.05, 0.1) is 26.4 Å². The minimum Gasteiger partial charge on any atom is -0.508 e. The number of aromatic hydroxyl groups is 2. The minimum atomic E-state index is 0.0908. The Morgan fingerprint density at radius 1 is 0.315 bits per heavy atom. The molecule has 26 heteroatoms. The summed E-state index contributed by atoms with van der Waals surface area (Å²) in [5.41, 5.74) is 15.7. The zero-order chi connectivity index (χ0) is 103. The van der Waals surface area contributed by atoms with Crippen molar-refractivity contribution in [2.45, 2.75) is 163 Å². The molecule has 0 radical (unpaired) electrons. The number of aryl methyl sites for hydroxylation is 2. The molecule has 0 saturated carbocycles. The highest BCUT2D eigenvalue weighted by molar-refractivity contribution is 7.17. The van der Waals surface area contributed by atoms with Crippen molar-refractivity contribution in [3.63, 3.8) is 0 Å². The maximum atomic E-state index is 11.6. The third kappa shape index (κ3) is 40.5. The van der Waals surface area contributed by atoms with Crippen LogP contribution < -0.4 is 45.1 Å². The van der Waals surface area contributed by atoms with Crippen LogP contribution >= 0.6 is 41.5 Å². The van der Waals surface area contributed by atoms with Crippen LogP contribution in [-0.2, 0) is 73.7 Å². The van der Waals surface area contributed by atoms with E-state index in [-0.39, 0.29) is 46.2 Å². The molecule has 146 heavy (non-hydrogen) atoms. The second kappa shape index (κ2) is 64.0. The highest BCUT2D eigenvalue weighted by Crippen LogP contribution is 2.34. The molecule has 8 aromatic carbocycles. The second-order valence-electron chi connectivity index (χ2n) is 38.4. The molecule has 0 bridgehead atoms. The van der Waals surface area contributed by atoms with Gasteiger partial charge in [0.15, 0.2) is 28.9 Å². The lowest BCUT2D eigenvalue weighted by molar-refractivity contribution is -0.119. The smallest absolute Gasteiger partial charge is 0.160 e. The van der Waals surface area contributed by atoms with Gasteiger partial charge in [-0.15, -0.1) is 22.7 Å². The average molecular weight is 2060 g/mol. The van der Waals surface area contributed by atoms with Gasteiger partial charge >= 0.3 is 0 Å². The molecule has 780 valence electrons. The molecular formula is C120H156N10O12P2S2. The molecule has 11 aliphatic rings. The van der Waals surface area contributed by atoms with Crippen LogP contribution in [0.15, 0.2) is 199 Å². The molecule has 0 spiro atoms. The van der Waals surface area contributed by atoms with Gasteiger partial charge in [-0.05, 0) is 300 Å². The quantitative estimate of drug-likeness (QED) is 0.0207. The number of allylic oxidation sites excluding steroid dienone is 5. The number of piperazine rings is 5. The summed E-state index contributed by atoms with van der Waals surface area (Å²) >= 11 is 3.62. The third-order valence-electron chi connectivity index (χ3n) is 26.9. The van der Waals surface area contributed by atoms with Gasteiger partial charge in [-0.25, -0.2) is 0 Å². The van der Waals surface area contributed by atoms with E-state index in [1.54, 1.807) is 72.1 Å². The van der Waals surface area contributed by atoms with E-state index < -0.39 is 0 Å². The lowest BCUT2D eigenvalue weighted by atomic mass is 9.91. The maximum Gasteiger partial charge on any atom is 0.160 e. The summed E-state index contributed by atoms with van der Waals surface area (Å²) in [5.74, 6) is 5.01. The predicted molar refractivity (Wildman–Crippen MR) is 611 cm³/mol. The summed E-state index contributed by atoms with van der Waals surface area (Å²) in [4.78, 5) is 78.0. The van der Waals surface area contributed by atoms with Crippen molar-refractivity contribution >= 4 is 132 Å². The van der Waals surface area contributed by atoms with Crippen LogP contribution in [0.1, 0.15) is 183 Å². The molecule has 0 amide bonds. The highest BCUT2D eigenvalue weighted by Gasteiger charge is 2.23. The SMILES string of the molecule is C1CNCCN1.CCCCCC.CCCCCOc1ccc2c(c1)CC(=O)C=C2.Cc1cccc2sccc12.O=C1C=Cc2ccc(O)cc2C1.O=C1C=Cc2ccc(OCCCCN3CCN(P)CC3)cc2C1.O=C1C=Cc2ccc(OCCCCN3CCN(c4cccc5sccc45)CC3)cc2C1.O=C1C=Cc2ccc(OCCCCN3CCNCC3)cc2C1.O=C1CCc2ccc(O)cc2C1.PN1CCNCC1. The van der Waals surface area contributed by atoms with Crippen molar-refractivity contribution in [3.05, 3.63) is 271 Å². The number of benzene rings is 8. The van der Waals surface area contributed by atoms with Crippen LogP contribution in [0.5, 0.6) is 34.5 Å². The minimum absolute atomic E-state index is 0.0908. The monoisotopic (exact) mass is 2060 g/mol. The summed E-state index contributed by atoms with van der Waals surface area (Å²) in [7, 11) is 5.48. The van der Waals surface area contributed by atoms with Crippen LogP contribution in [0.4, 0.5) is 5.69 Å². The van der Waals surface area contributed by atoms with E-state index in [1.165, 1.54) is 101 Å². The lowest BCUT2D eigenvalue weighted by Gasteiger charge is -2.36. The van der Waals surface area contributed by atoms with E-state index in [1.807, 2.05) is 121 Å². The first-order chi connectivity index (χ1) is 71.3. The van der Waals surface area contributed by atoms with Crippen LogP contribution in [0, 0.1) is 6.92 Å². The van der Waals surface area contributed by atoms with E-state index in [0.717, 1.165) is 287 Å². The standard InChI is InChI=1S/C26H28N2O2S.C18H25N2O2P.C18H24N2O2.C15H18O2.C10H10O2.C10H8O2.C9H8S.C6H14.C4H11N2P.C4H10N2/c29-22-8-6-20-7-9-23(19-21(20)18-22)30-16-2-1-11-27-12-14-28(15-13-27)25-4-3-5-26-24(25)10-17-31-26;21-17-5-3-15-4-6-18(14-16(15)13-17)22-12-2-1-7-19-8-10-20(23)11-9-19;21-17-5-3-15-4-6-18(14-16(15)13-17)22-12-2-1-9-20-10-7-19-8-11-20;1-2-3-4-9-17-15-8-6-12-5-7-14(16)10-13(12)11-15;2*11-9-3-1-7-2-4-10(12)6-8(7)5-9;1-7-3-2-4-9-8(7)5-6-10-9;1-3-5-6-4-2;7-6-3-1-5-2-4-6;1-2-6-4-3-5-1/h3-10,17,19H,1-2,11-16,18H2;3-6,14H,1-2,7-13,23H2;3-6,14,19H,1-2,7-13H2;5-8,11H,2-4,9-10H2,1H3;1,3,5,11H,2,4,6H2;1-5,11H,6H2;2-6H,1H3;3-6H2,1-2H3;5H,1-4,7H2;5-6H,1-4H2. The molecule has 2 unspecified atom stereocenters. The van der Waals surface area contributed by atoms with E-state index in [9.17, 15) is 28.8 Å². The summed E-state index contributed by atoms with van der Waals surface area (Å²) in [6.07, 6.45) is 37.5. The summed E-state index contributed by atoms with van der Waals surface area (Å²) in [6, 6.07) is 52.0. The Kier molecular flexibility index (Phi) is 50.1. The normalized spacial score (nSPS) is 16.6. The van der Waals surface area contributed by atoms with Crippen LogP contribution in [0.25, 0.3) is 50.6 Å². The van der Waals surface area contributed by atoms with Crippen molar-refractivity contribution in [3.8, 4) is 34.5 Å². The van der Waals surface area contributed by atoms with Crippen molar-refractivity contribution in [2.75, 3.05) is 182 Å². The number of carbonyl (C=O) groups excluding carboxylic acids is 6. The van der Waals surface area contributed by atoms with Crippen LogP contribution in [0.2, 0.25) is 0 Å². The number of nitrogens with one attached hydrogen (secondary N) is 4. The number of phenols is 2. The first-order valence-electron chi connectivity index (χ1n) is 53.1. The molecule has 21 rings (SSSR count). The highest BCUT2D eigenvalue weighted by atomic mass is 32.1. The Balaban J connectivity index is 0.000000150. The number of ketones is 6. The number of fused-ring (bicyclic) bond motifs is 8. The molecule has 5 aliphatic heterocycles. The number of hydrogen-bond donors (Lipinski definition) is 6. The number of anilines is 1. The number of thiophene rings is 2. The number of hydrogen-bond acceptors (Lipinski definition) is 24. The summed E-state index contributed by atoms with van der Waals surface area (Å²) in [6.45, 7) is 38.0. The second-order valence-corrected chi connectivity index (χ2v) is 41.8. The van der Waals surface area contributed by atoms with Gasteiger partial charge < -0.3 is 65.1 Å². The molecule has 22 nitrogen and oxygen atoms in total. The predicted octanol–water partition coefficient (Wildman–Crippen LogP) is 20.3. The topological polar surface area (TPSA) is 247 Å². The van der Waals surface area contributed by atoms with Gasteiger partial charge in [0, 0.05) is 196 Å². The van der Waals surface area contributed by atoms with Crippen molar-refractivity contribution < 1.29 is 57.9 Å². The van der Waals surface area contributed by atoms with Gasteiger partial charge in [-0.3, -0.25) is 43.0 Å². The van der Waals surface area contributed by atoms with Gasteiger partial charge in [0.25, 0.3) is 0 Å². The zero-order valence-electron chi connectivity index (χ0n) is 86.5. The largest absolute Gasteiger partial charge is 0.508 e. The molecule has 2 atom stereocenters. The number of unbranched alkanes of at least 4 members (excludes halogenated alkanes) is 8. The van der Waals surface area contributed by atoms with E-state index in [4.69, 9.17) is 29.2 Å². The third-order valence-corrected chi connectivity index (χ3v) is 29.7. The van der Waals surface area contributed by atoms with E-state index in [2.05, 4.69) is 156 Å². The van der Waals surface area contributed by atoms with Crippen LogP contribution in [0.3, 0.4) is 0 Å². The van der Waals surface area contributed by atoms with E-state index >= 15 is 0 Å². The molecule has 6 aliphatic carbocycles. The van der Waals surface area contributed by atoms with Crippen molar-refractivity contribution in [1.82, 2.24) is 45.3 Å². The molecule has 2 aromatic heterocycles. The van der Waals surface area contributed by atoms with Crippen molar-refractivity contribution in [2.24, 2.45) is 0 Å². The molecule has 6 N–H and O–H groups in total. The number of carbonyl (C=O) groups is 6. The molecule has 5 fully saturated rings. The first-order valence-corrected chi connectivity index (χ1v) is 55.9. The fraction of sp³-hybridized carbons (Fsp3) is 0.433. The number of rotatable bonds is 27. The van der Waals surface area contributed by atoms with Crippen LogP contribution in [-0.4, -0.2) is 246 Å². The van der Waals surface area contributed by atoms with Gasteiger partial charge in [0.2, 0.25) is 0 Å². The first kappa shape index (κ1) is 114. The number of Topliss-reactive ketones (excluding diaryl/α,β-unsaturated/α-hetero) is 1. The molecule has 5 saturated heterocycles. The maximum absolute atomic E-state index is 11.6. The summed E-state index contributed by atoms with van der Waals surface area (Å²) in [5, 5.41) is 38.5. The molecule has 7 heterocycles. The van der Waals surface area contributed by atoms with Gasteiger partial charge in [-0.1, -0.05) is 163 Å². The van der Waals surface area contributed by atoms with Gasteiger partial charge in [-0.2, -0.15) is 0 Å². The van der Waals surface area contributed by atoms with Gasteiger partial charge in [0.1, 0.15) is 40.3 Å². The zero-order valence-corrected chi connectivity index (χ0v) is 90.5. The molecular weight excluding hydrogens is 1900 g/mol. The van der Waals surface area contributed by atoms with E-state index in [0.29, 0.717) is 44.9 Å². The Morgan fingerprint density at radius 3 is 1.06 bits per heavy atom. The lowest BCUT2D eigenvalue weighted by Crippen LogP contribution is -2.46. The Labute approximate surface area is 879 Å². The Hall–Kier alpha value is -10.5. The Bertz CT molecular complexity index is 5910.